The van der Waals surface area contributed by atoms with Gasteiger partial charge in [-0.25, -0.2) is 4.79 Å². The lowest BCUT2D eigenvalue weighted by atomic mass is 10.1. The Morgan fingerprint density at radius 2 is 1.58 bits per heavy atom. The predicted octanol–water partition coefficient (Wildman–Crippen LogP) is 2.41. The van der Waals surface area contributed by atoms with E-state index in [-0.39, 0.29) is 11.9 Å². The number of benzene rings is 1. The van der Waals surface area contributed by atoms with E-state index in [1.165, 1.54) is 6.42 Å². The quantitative estimate of drug-likeness (QED) is 0.899. The Morgan fingerprint density at radius 3 is 2.27 bits per heavy atom. The largest absolute Gasteiger partial charge is 0.325 e. The van der Waals surface area contributed by atoms with Crippen LogP contribution in [0.3, 0.4) is 0 Å². The maximum absolute atomic E-state index is 12.5. The number of carbonyl (C=O) groups is 2. The number of para-hydroxylation sites is 1. The zero-order chi connectivity index (χ0) is 18.4. The number of carbonyl (C=O) groups excluding carboxylic acids is 2. The topological polar surface area (TPSA) is 55.9 Å². The van der Waals surface area contributed by atoms with Gasteiger partial charge in [0, 0.05) is 45.0 Å². The molecule has 2 fully saturated rings. The SMILES string of the molecule is CCc1ccccc1NC(=O)CN1CCN(C(=O)N2CCCCC2)CC1. The third kappa shape index (κ3) is 4.75. The highest BCUT2D eigenvalue weighted by molar-refractivity contribution is 5.93. The van der Waals surface area contributed by atoms with Crippen molar-refractivity contribution >= 4 is 17.6 Å². The molecule has 0 atom stereocenters. The summed E-state index contributed by atoms with van der Waals surface area (Å²) in [6.45, 7) is 7.15. The van der Waals surface area contributed by atoms with Gasteiger partial charge in [-0.15, -0.1) is 0 Å². The molecule has 2 aliphatic rings. The van der Waals surface area contributed by atoms with Crippen LogP contribution in [0, 0.1) is 0 Å². The van der Waals surface area contributed by atoms with Crippen molar-refractivity contribution in [1.82, 2.24) is 14.7 Å². The van der Waals surface area contributed by atoms with Crippen LogP contribution in [0.25, 0.3) is 0 Å². The van der Waals surface area contributed by atoms with Crippen LogP contribution < -0.4 is 5.32 Å². The molecule has 1 aromatic rings. The summed E-state index contributed by atoms with van der Waals surface area (Å²) in [7, 11) is 0. The fourth-order valence-corrected chi connectivity index (χ4v) is 3.73. The van der Waals surface area contributed by atoms with Gasteiger partial charge in [0.2, 0.25) is 5.91 Å². The molecule has 142 valence electrons. The van der Waals surface area contributed by atoms with Crippen LogP contribution in [0.15, 0.2) is 24.3 Å². The zero-order valence-corrected chi connectivity index (χ0v) is 15.7. The number of nitrogens with one attached hydrogen (secondary N) is 1. The fourth-order valence-electron chi connectivity index (χ4n) is 3.73. The van der Waals surface area contributed by atoms with E-state index in [4.69, 9.17) is 0 Å². The van der Waals surface area contributed by atoms with Crippen LogP contribution in [0.1, 0.15) is 31.7 Å². The van der Waals surface area contributed by atoms with Gasteiger partial charge in [-0.05, 0) is 37.3 Å². The molecule has 6 heteroatoms. The van der Waals surface area contributed by atoms with Crippen LogP contribution >= 0.6 is 0 Å². The van der Waals surface area contributed by atoms with E-state index < -0.39 is 0 Å². The van der Waals surface area contributed by atoms with Crippen molar-refractivity contribution in [3.8, 4) is 0 Å². The first-order chi connectivity index (χ1) is 12.7. The van der Waals surface area contributed by atoms with Crippen LogP contribution in [0.5, 0.6) is 0 Å². The molecule has 0 spiro atoms. The second-order valence-corrected chi connectivity index (χ2v) is 7.15. The van der Waals surface area contributed by atoms with E-state index in [9.17, 15) is 9.59 Å². The average Bonchev–Trinajstić information content (AvgIpc) is 2.69. The van der Waals surface area contributed by atoms with Crippen molar-refractivity contribution in [2.45, 2.75) is 32.6 Å². The number of anilines is 1. The second kappa shape index (κ2) is 9.03. The molecule has 1 N–H and O–H groups in total. The minimum absolute atomic E-state index is 0.0155. The number of nitrogens with zero attached hydrogens (tertiary/aromatic N) is 3. The maximum atomic E-state index is 12.5. The monoisotopic (exact) mass is 358 g/mol. The van der Waals surface area contributed by atoms with Crippen molar-refractivity contribution in [1.29, 1.82) is 0 Å². The summed E-state index contributed by atoms with van der Waals surface area (Å²) in [4.78, 5) is 31.0. The van der Waals surface area contributed by atoms with Crippen molar-refractivity contribution in [2.75, 3.05) is 51.1 Å². The highest BCUT2D eigenvalue weighted by Crippen LogP contribution is 2.16. The van der Waals surface area contributed by atoms with Crippen molar-refractivity contribution in [2.24, 2.45) is 0 Å². The first kappa shape index (κ1) is 18.7. The molecular formula is C20H30N4O2. The van der Waals surface area contributed by atoms with E-state index >= 15 is 0 Å². The highest BCUT2D eigenvalue weighted by Gasteiger charge is 2.26. The molecule has 0 aliphatic carbocycles. The summed E-state index contributed by atoms with van der Waals surface area (Å²) in [6.07, 6.45) is 4.36. The lowest BCUT2D eigenvalue weighted by Gasteiger charge is -2.38. The first-order valence-electron chi connectivity index (χ1n) is 9.81. The number of piperazine rings is 1. The maximum Gasteiger partial charge on any atom is 0.320 e. The molecule has 2 saturated heterocycles. The van der Waals surface area contributed by atoms with Gasteiger partial charge in [0.25, 0.3) is 0 Å². The first-order valence-corrected chi connectivity index (χ1v) is 9.81. The fraction of sp³-hybridized carbons (Fsp3) is 0.600. The summed E-state index contributed by atoms with van der Waals surface area (Å²) in [5.74, 6) is 0.0155. The summed E-state index contributed by atoms with van der Waals surface area (Å²) in [6, 6.07) is 8.10. The Kier molecular flexibility index (Phi) is 6.50. The Balaban J connectivity index is 1.44. The number of hydrogen-bond donors (Lipinski definition) is 1. The Bertz CT molecular complexity index is 620. The third-order valence-electron chi connectivity index (χ3n) is 5.31. The molecule has 3 amide bonds. The molecule has 0 saturated carbocycles. The van der Waals surface area contributed by atoms with E-state index in [2.05, 4.69) is 17.1 Å². The molecule has 0 bridgehead atoms. The van der Waals surface area contributed by atoms with Crippen LogP contribution in [0.2, 0.25) is 0 Å². The molecule has 0 radical (unpaired) electrons. The predicted molar refractivity (Wildman–Crippen MR) is 103 cm³/mol. The molecule has 26 heavy (non-hydrogen) atoms. The number of piperidine rings is 1. The van der Waals surface area contributed by atoms with Crippen molar-refractivity contribution < 1.29 is 9.59 Å². The van der Waals surface area contributed by atoms with Gasteiger partial charge in [-0.2, -0.15) is 0 Å². The standard InChI is InChI=1S/C20H30N4O2/c1-2-17-8-4-5-9-18(17)21-19(25)16-22-12-14-24(15-13-22)20(26)23-10-6-3-7-11-23/h4-5,8-9H,2-3,6-7,10-16H2,1H3,(H,21,25). The summed E-state index contributed by atoms with van der Waals surface area (Å²) < 4.78 is 0. The Morgan fingerprint density at radius 1 is 0.923 bits per heavy atom. The third-order valence-corrected chi connectivity index (χ3v) is 5.31. The van der Waals surface area contributed by atoms with E-state index in [1.54, 1.807) is 0 Å². The summed E-state index contributed by atoms with van der Waals surface area (Å²) >= 11 is 0. The average molecular weight is 358 g/mol. The van der Waals surface area contributed by atoms with Crippen LogP contribution in [0.4, 0.5) is 10.5 Å². The highest BCUT2D eigenvalue weighted by atomic mass is 16.2. The minimum Gasteiger partial charge on any atom is -0.325 e. The molecule has 3 rings (SSSR count). The van der Waals surface area contributed by atoms with Gasteiger partial charge < -0.3 is 15.1 Å². The molecule has 0 aromatic heterocycles. The minimum atomic E-state index is 0.0155. The number of likely N-dealkylation sites (tertiary alicyclic amines) is 1. The van der Waals surface area contributed by atoms with E-state index in [0.717, 1.165) is 56.7 Å². The normalized spacial score (nSPS) is 18.7. The number of rotatable bonds is 4. The molecule has 2 heterocycles. The van der Waals surface area contributed by atoms with Crippen molar-refractivity contribution in [3.63, 3.8) is 0 Å². The van der Waals surface area contributed by atoms with Gasteiger partial charge in [-0.1, -0.05) is 25.1 Å². The van der Waals surface area contributed by atoms with Gasteiger partial charge in [0.05, 0.1) is 6.54 Å². The van der Waals surface area contributed by atoms with Gasteiger partial charge in [0.15, 0.2) is 0 Å². The molecular weight excluding hydrogens is 328 g/mol. The van der Waals surface area contributed by atoms with Gasteiger partial charge in [-0.3, -0.25) is 9.69 Å². The smallest absolute Gasteiger partial charge is 0.320 e. The molecule has 6 nitrogen and oxygen atoms in total. The lowest BCUT2D eigenvalue weighted by molar-refractivity contribution is -0.117. The van der Waals surface area contributed by atoms with Crippen LogP contribution in [-0.2, 0) is 11.2 Å². The number of amides is 3. The van der Waals surface area contributed by atoms with Crippen LogP contribution in [-0.4, -0.2) is 72.5 Å². The van der Waals surface area contributed by atoms with Gasteiger partial charge >= 0.3 is 6.03 Å². The lowest BCUT2D eigenvalue weighted by Crippen LogP contribution is -2.54. The van der Waals surface area contributed by atoms with Gasteiger partial charge in [0.1, 0.15) is 0 Å². The van der Waals surface area contributed by atoms with E-state index in [1.807, 2.05) is 34.1 Å². The second-order valence-electron chi connectivity index (χ2n) is 7.15. The Labute approximate surface area is 156 Å². The Hall–Kier alpha value is -2.08. The summed E-state index contributed by atoms with van der Waals surface area (Å²) in [5, 5.41) is 3.03. The molecule has 1 aromatic carbocycles. The number of urea groups is 1. The number of aryl methyl sites for hydroxylation is 1. The van der Waals surface area contributed by atoms with Crippen molar-refractivity contribution in [3.05, 3.63) is 29.8 Å². The van der Waals surface area contributed by atoms with E-state index in [0.29, 0.717) is 19.6 Å². The number of hydrogen-bond acceptors (Lipinski definition) is 3. The molecule has 2 aliphatic heterocycles. The zero-order valence-electron chi connectivity index (χ0n) is 15.7. The summed E-state index contributed by atoms with van der Waals surface area (Å²) in [5.41, 5.74) is 2.05. The molecule has 0 unspecified atom stereocenters.